The molecule has 1 aliphatic heterocycles. The maximum Gasteiger partial charge on any atom is 0.274 e. The summed E-state index contributed by atoms with van der Waals surface area (Å²) in [6.07, 6.45) is 7.32. The van der Waals surface area contributed by atoms with Crippen LogP contribution in [0.5, 0.6) is 0 Å². The summed E-state index contributed by atoms with van der Waals surface area (Å²) in [5.74, 6) is 0.627. The minimum atomic E-state index is 0.108. The number of aromatic nitrogens is 3. The number of likely N-dealkylation sites (tertiary alicyclic amines) is 1. The predicted octanol–water partition coefficient (Wildman–Crippen LogP) is 3.40. The van der Waals surface area contributed by atoms with Gasteiger partial charge in [-0.05, 0) is 49.7 Å². The van der Waals surface area contributed by atoms with Crippen molar-refractivity contribution < 1.29 is 4.79 Å². The molecule has 1 saturated heterocycles. The number of piperidine rings is 1. The van der Waals surface area contributed by atoms with Crippen molar-refractivity contribution in [1.82, 2.24) is 20.1 Å². The molecule has 5 rings (SSSR count). The smallest absolute Gasteiger partial charge is 0.274 e. The Morgan fingerprint density at radius 3 is 2.88 bits per heavy atom. The van der Waals surface area contributed by atoms with E-state index >= 15 is 0 Å². The van der Waals surface area contributed by atoms with E-state index in [0.29, 0.717) is 11.6 Å². The van der Waals surface area contributed by atoms with E-state index in [0.717, 1.165) is 56.5 Å². The number of H-pyrrole nitrogens is 2. The molecule has 128 valence electrons. The molecular weight excluding hydrogens is 312 g/mol. The van der Waals surface area contributed by atoms with Crippen LogP contribution in [0.4, 0.5) is 0 Å². The molecule has 1 aliphatic carbocycles. The third-order valence-corrected chi connectivity index (χ3v) is 5.85. The average Bonchev–Trinajstić information content (AvgIpc) is 3.36. The number of amides is 1. The maximum atomic E-state index is 12.9. The molecule has 5 heteroatoms. The Morgan fingerprint density at radius 1 is 1.16 bits per heavy atom. The molecule has 1 amide bonds. The number of carbonyl (C=O) groups excluding carboxylic acids is 1. The number of benzene rings is 1. The van der Waals surface area contributed by atoms with Crippen molar-refractivity contribution in [3.8, 4) is 0 Å². The van der Waals surface area contributed by atoms with Crippen molar-refractivity contribution in [3.63, 3.8) is 0 Å². The fourth-order valence-corrected chi connectivity index (χ4v) is 4.47. The van der Waals surface area contributed by atoms with E-state index in [1.165, 1.54) is 16.5 Å². The van der Waals surface area contributed by atoms with Crippen LogP contribution >= 0.6 is 0 Å². The van der Waals surface area contributed by atoms with Crippen LogP contribution in [0.25, 0.3) is 10.9 Å². The number of aryl methyl sites for hydroxylation is 1. The van der Waals surface area contributed by atoms with Crippen molar-refractivity contribution in [2.75, 3.05) is 13.1 Å². The monoisotopic (exact) mass is 334 g/mol. The van der Waals surface area contributed by atoms with E-state index < -0.39 is 0 Å². The minimum absolute atomic E-state index is 0.108. The second kappa shape index (κ2) is 5.76. The van der Waals surface area contributed by atoms with Crippen LogP contribution in [-0.2, 0) is 12.8 Å². The highest BCUT2D eigenvalue weighted by Crippen LogP contribution is 2.34. The van der Waals surface area contributed by atoms with Crippen molar-refractivity contribution in [2.24, 2.45) is 0 Å². The topological polar surface area (TPSA) is 64.8 Å². The molecule has 0 unspecified atom stereocenters. The quantitative estimate of drug-likeness (QED) is 0.754. The molecule has 0 atom stereocenters. The van der Waals surface area contributed by atoms with Gasteiger partial charge in [-0.15, -0.1) is 0 Å². The first-order valence-corrected chi connectivity index (χ1v) is 9.22. The zero-order valence-corrected chi connectivity index (χ0v) is 14.2. The SMILES string of the molecule is O=C(c1n[nH]c2c1CCC2)N1CCC(c2c[nH]c3ccccc23)CC1. The molecule has 3 heterocycles. The van der Waals surface area contributed by atoms with Gasteiger partial charge in [0.05, 0.1) is 0 Å². The first-order valence-electron chi connectivity index (χ1n) is 9.22. The number of rotatable bonds is 2. The van der Waals surface area contributed by atoms with Crippen LogP contribution < -0.4 is 0 Å². The van der Waals surface area contributed by atoms with Gasteiger partial charge in [0.2, 0.25) is 0 Å². The number of nitrogens with one attached hydrogen (secondary N) is 2. The Morgan fingerprint density at radius 2 is 2.00 bits per heavy atom. The van der Waals surface area contributed by atoms with E-state index in [-0.39, 0.29) is 5.91 Å². The first kappa shape index (κ1) is 14.8. The molecule has 1 aromatic carbocycles. The molecule has 2 aromatic heterocycles. The van der Waals surface area contributed by atoms with Gasteiger partial charge in [-0.3, -0.25) is 9.89 Å². The number of nitrogens with zero attached hydrogens (tertiary/aromatic N) is 2. The largest absolute Gasteiger partial charge is 0.361 e. The lowest BCUT2D eigenvalue weighted by Crippen LogP contribution is -2.38. The van der Waals surface area contributed by atoms with E-state index in [2.05, 4.69) is 45.6 Å². The van der Waals surface area contributed by atoms with Crippen molar-refractivity contribution in [1.29, 1.82) is 0 Å². The normalized spacial score (nSPS) is 18.0. The summed E-state index contributed by atoms with van der Waals surface area (Å²) >= 11 is 0. The number of carbonyl (C=O) groups is 1. The highest BCUT2D eigenvalue weighted by Gasteiger charge is 2.30. The van der Waals surface area contributed by atoms with Gasteiger partial charge in [-0.2, -0.15) is 5.10 Å². The average molecular weight is 334 g/mol. The van der Waals surface area contributed by atoms with Gasteiger partial charge in [0.1, 0.15) is 0 Å². The van der Waals surface area contributed by atoms with Gasteiger partial charge < -0.3 is 9.88 Å². The number of para-hydroxylation sites is 1. The molecule has 3 aromatic rings. The molecular formula is C20H22N4O. The van der Waals surface area contributed by atoms with Gasteiger partial charge in [-0.25, -0.2) is 0 Å². The second-order valence-electron chi connectivity index (χ2n) is 7.24. The van der Waals surface area contributed by atoms with Crippen molar-refractivity contribution in [3.05, 3.63) is 53.0 Å². The summed E-state index contributed by atoms with van der Waals surface area (Å²) in [5, 5.41) is 8.67. The Kier molecular flexibility index (Phi) is 3.40. The van der Waals surface area contributed by atoms with Crippen molar-refractivity contribution >= 4 is 16.8 Å². The van der Waals surface area contributed by atoms with Crippen LogP contribution in [0.15, 0.2) is 30.5 Å². The Hall–Kier alpha value is -2.56. The summed E-state index contributed by atoms with van der Waals surface area (Å²) < 4.78 is 0. The fraction of sp³-hybridized carbons (Fsp3) is 0.400. The zero-order valence-electron chi connectivity index (χ0n) is 14.2. The maximum absolute atomic E-state index is 12.9. The van der Waals surface area contributed by atoms with Gasteiger partial charge in [0.15, 0.2) is 5.69 Å². The second-order valence-corrected chi connectivity index (χ2v) is 7.24. The molecule has 5 nitrogen and oxygen atoms in total. The molecule has 25 heavy (non-hydrogen) atoms. The lowest BCUT2D eigenvalue weighted by molar-refractivity contribution is 0.0706. The van der Waals surface area contributed by atoms with Crippen LogP contribution in [0, 0.1) is 0 Å². The number of aromatic amines is 2. The molecule has 0 bridgehead atoms. The summed E-state index contributed by atoms with van der Waals surface area (Å²) in [7, 11) is 0. The van der Waals surface area contributed by atoms with Gasteiger partial charge in [-0.1, -0.05) is 18.2 Å². The number of fused-ring (bicyclic) bond motifs is 2. The van der Waals surface area contributed by atoms with E-state index in [4.69, 9.17) is 0 Å². The lowest BCUT2D eigenvalue weighted by Gasteiger charge is -2.31. The van der Waals surface area contributed by atoms with Crippen LogP contribution in [-0.4, -0.2) is 39.1 Å². The number of hydrogen-bond acceptors (Lipinski definition) is 2. The van der Waals surface area contributed by atoms with Gasteiger partial charge in [0, 0.05) is 41.4 Å². The standard InChI is InChI=1S/C20H22N4O/c25-20(19-15-5-3-7-18(15)22-23-19)24-10-8-13(9-11-24)16-12-21-17-6-2-1-4-14(16)17/h1-2,4,6,12-13,21H,3,5,7-11H2,(H,22,23). The lowest BCUT2D eigenvalue weighted by atomic mass is 9.89. The Balaban J connectivity index is 1.32. The Labute approximate surface area is 146 Å². The van der Waals surface area contributed by atoms with Gasteiger partial charge >= 0.3 is 0 Å². The number of hydrogen-bond donors (Lipinski definition) is 2. The van der Waals surface area contributed by atoms with E-state index in [9.17, 15) is 4.79 Å². The Bertz CT molecular complexity index is 930. The summed E-state index contributed by atoms with van der Waals surface area (Å²) in [6, 6.07) is 8.46. The molecule has 1 fully saturated rings. The molecule has 0 saturated carbocycles. The van der Waals surface area contributed by atoms with Crippen LogP contribution in [0.2, 0.25) is 0 Å². The van der Waals surface area contributed by atoms with E-state index in [1.54, 1.807) is 0 Å². The molecule has 2 N–H and O–H groups in total. The third-order valence-electron chi connectivity index (χ3n) is 5.85. The van der Waals surface area contributed by atoms with Gasteiger partial charge in [0.25, 0.3) is 5.91 Å². The third kappa shape index (κ3) is 2.37. The summed E-state index contributed by atoms with van der Waals surface area (Å²) in [4.78, 5) is 18.2. The van der Waals surface area contributed by atoms with Crippen molar-refractivity contribution in [2.45, 2.75) is 38.0 Å². The molecule has 2 aliphatic rings. The predicted molar refractivity (Wildman–Crippen MR) is 96.8 cm³/mol. The zero-order chi connectivity index (χ0) is 16.8. The van der Waals surface area contributed by atoms with Crippen LogP contribution in [0.3, 0.4) is 0 Å². The highest BCUT2D eigenvalue weighted by molar-refractivity contribution is 5.94. The molecule has 0 spiro atoms. The van der Waals surface area contributed by atoms with E-state index in [1.807, 2.05) is 4.90 Å². The minimum Gasteiger partial charge on any atom is -0.361 e. The highest BCUT2D eigenvalue weighted by atomic mass is 16.2. The molecule has 0 radical (unpaired) electrons. The first-order chi connectivity index (χ1) is 12.3. The van der Waals surface area contributed by atoms with Crippen LogP contribution in [0.1, 0.15) is 52.5 Å². The summed E-state index contributed by atoms with van der Waals surface area (Å²) in [5.41, 5.74) is 5.57. The summed E-state index contributed by atoms with van der Waals surface area (Å²) in [6.45, 7) is 1.62. The fourth-order valence-electron chi connectivity index (χ4n) is 4.47.